The van der Waals surface area contributed by atoms with Crippen molar-refractivity contribution in [2.24, 2.45) is 0 Å². The highest BCUT2D eigenvalue weighted by molar-refractivity contribution is 6.60. The van der Waals surface area contributed by atoms with Gasteiger partial charge in [0, 0.05) is 38.4 Å². The summed E-state index contributed by atoms with van der Waals surface area (Å²) in [5.41, 5.74) is 24.1. The van der Waals surface area contributed by atoms with Crippen molar-refractivity contribution in [1.29, 1.82) is 0 Å². The van der Waals surface area contributed by atoms with E-state index in [1.807, 2.05) is 194 Å². The maximum atomic E-state index is 12.7. The third-order valence-electron chi connectivity index (χ3n) is 15.2. The van der Waals surface area contributed by atoms with Crippen molar-refractivity contribution in [3.05, 3.63) is 348 Å². The highest BCUT2D eigenvalue weighted by Crippen LogP contribution is 2.42. The molecule has 0 radical (unpaired) electrons. The number of amides is 1. The van der Waals surface area contributed by atoms with Crippen LogP contribution in [0.3, 0.4) is 0 Å². The van der Waals surface area contributed by atoms with Crippen LogP contribution in [-0.2, 0) is 0 Å². The Bertz CT molecular complexity index is 4720. The molecule has 5 N–H and O–H groups in total. The topological polar surface area (TPSA) is 108 Å². The number of carbonyl (C=O) groups excluding carboxylic acids is 1. The summed E-state index contributed by atoms with van der Waals surface area (Å²) < 4.78 is 0. The van der Waals surface area contributed by atoms with Crippen LogP contribution < -0.4 is 16.5 Å². The Balaban J connectivity index is 0.000000127. The van der Waals surface area contributed by atoms with E-state index in [0.717, 1.165) is 77.6 Å². The number of aromatic nitrogens is 1. The largest absolute Gasteiger partial charge is 0.489 e. The smallest absolute Gasteiger partial charge is 0.423 e. The van der Waals surface area contributed by atoms with Crippen molar-refractivity contribution in [3.8, 4) is 78.0 Å². The van der Waals surface area contributed by atoms with Gasteiger partial charge in [0.25, 0.3) is 5.91 Å². The SMILES string of the molecule is Clc1cccc2c1nc(-c1ccccc1)c1cccc(-c3ccccc3)c12.Nc1c(Cl)cccc1-c1ccccc1-c1ccccc1.O=C(Nc1c(Cl)cccc1-c1ccccc1-c1ccccc1)c1ccccc1.OB(O)c1ccccc1-c1ccccc1. The molecule has 6 nitrogen and oxygen atoms in total. The van der Waals surface area contributed by atoms with Gasteiger partial charge < -0.3 is 21.1 Å². The lowest BCUT2D eigenvalue weighted by molar-refractivity contribution is 0.102. The molecule has 436 valence electrons. The van der Waals surface area contributed by atoms with E-state index in [1.165, 1.54) is 22.1 Å². The number of hydrogen-bond acceptors (Lipinski definition) is 5. The Labute approximate surface area is 539 Å². The third kappa shape index (κ3) is 14.3. The van der Waals surface area contributed by atoms with Gasteiger partial charge in [0.1, 0.15) is 0 Å². The molecule has 0 saturated heterocycles. The Hall–Kier alpha value is -10.3. The van der Waals surface area contributed by atoms with Crippen molar-refractivity contribution < 1.29 is 14.8 Å². The molecule has 13 aromatic carbocycles. The molecule has 0 spiro atoms. The lowest BCUT2D eigenvalue weighted by Gasteiger charge is -2.16. The number of nitrogens with one attached hydrogen (secondary N) is 1. The number of anilines is 2. The monoisotopic (exact) mass is 1230 g/mol. The number of carbonyl (C=O) groups is 1. The fourth-order valence-electron chi connectivity index (χ4n) is 10.9. The predicted octanol–water partition coefficient (Wildman–Crippen LogP) is 20.6. The van der Waals surface area contributed by atoms with Crippen LogP contribution in [0, 0.1) is 0 Å². The van der Waals surface area contributed by atoms with E-state index in [9.17, 15) is 14.8 Å². The molecule has 0 aliphatic rings. The number of nitrogen functional groups attached to an aromatic ring is 1. The second-order valence-electron chi connectivity index (χ2n) is 20.9. The second kappa shape index (κ2) is 29.6. The molecule has 10 heteroatoms. The number of fused-ring (bicyclic) bond motifs is 3. The van der Waals surface area contributed by atoms with Gasteiger partial charge in [-0.25, -0.2) is 4.98 Å². The van der Waals surface area contributed by atoms with Gasteiger partial charge in [-0.15, -0.1) is 0 Å². The average Bonchev–Trinajstić information content (AvgIpc) is 0.795. The highest BCUT2D eigenvalue weighted by Gasteiger charge is 2.19. The Kier molecular flexibility index (Phi) is 20.1. The molecule has 0 fully saturated rings. The van der Waals surface area contributed by atoms with Gasteiger partial charge in [-0.1, -0.05) is 332 Å². The molecule has 0 aliphatic heterocycles. The Morgan fingerprint density at radius 2 is 0.711 bits per heavy atom. The summed E-state index contributed by atoms with van der Waals surface area (Å²) in [6.07, 6.45) is 0. The lowest BCUT2D eigenvalue weighted by atomic mass is 9.75. The number of para-hydroxylation sites is 3. The molecule has 0 atom stereocenters. The van der Waals surface area contributed by atoms with E-state index in [2.05, 4.69) is 108 Å². The van der Waals surface area contributed by atoms with Crippen LogP contribution in [-0.4, -0.2) is 28.1 Å². The summed E-state index contributed by atoms with van der Waals surface area (Å²) in [5.74, 6) is -0.188. The van der Waals surface area contributed by atoms with E-state index >= 15 is 0 Å². The fourth-order valence-corrected chi connectivity index (χ4v) is 11.5. The lowest BCUT2D eigenvalue weighted by Crippen LogP contribution is -2.31. The van der Waals surface area contributed by atoms with E-state index in [0.29, 0.717) is 37.5 Å². The molecular weight excluding hydrogens is 1170 g/mol. The van der Waals surface area contributed by atoms with Crippen LogP contribution in [0.2, 0.25) is 15.1 Å². The first-order valence-electron chi connectivity index (χ1n) is 29.2. The summed E-state index contributed by atoms with van der Waals surface area (Å²) in [5, 5.41) is 26.6. The average molecular weight is 1230 g/mol. The number of nitrogens with two attached hydrogens (primary N) is 1. The number of hydrogen-bond donors (Lipinski definition) is 4. The summed E-state index contributed by atoms with van der Waals surface area (Å²) >= 11 is 19.2. The first kappa shape index (κ1) is 61.3. The van der Waals surface area contributed by atoms with Crippen LogP contribution in [0.25, 0.3) is 99.7 Å². The van der Waals surface area contributed by atoms with E-state index in [1.54, 1.807) is 30.3 Å². The van der Waals surface area contributed by atoms with Crippen LogP contribution in [0.4, 0.5) is 11.4 Å². The molecule has 0 bridgehead atoms. The predicted molar refractivity (Wildman–Crippen MR) is 380 cm³/mol. The van der Waals surface area contributed by atoms with Gasteiger partial charge in [0.15, 0.2) is 0 Å². The molecule has 14 aromatic rings. The summed E-state index contributed by atoms with van der Waals surface area (Å²) in [7, 11) is -1.43. The number of benzene rings is 13. The maximum absolute atomic E-state index is 12.7. The first-order valence-corrected chi connectivity index (χ1v) is 30.4. The van der Waals surface area contributed by atoms with Crippen molar-refractivity contribution in [1.82, 2.24) is 4.98 Å². The third-order valence-corrected chi connectivity index (χ3v) is 16.1. The summed E-state index contributed by atoms with van der Waals surface area (Å²) in [4.78, 5) is 17.7. The Morgan fingerprint density at radius 3 is 1.26 bits per heavy atom. The van der Waals surface area contributed by atoms with Gasteiger partial charge in [0.2, 0.25) is 0 Å². The fraction of sp³-hybridized carbons (Fsp3) is 0. The van der Waals surface area contributed by atoms with E-state index in [4.69, 9.17) is 45.5 Å². The van der Waals surface area contributed by atoms with E-state index < -0.39 is 7.12 Å². The van der Waals surface area contributed by atoms with Crippen LogP contribution in [0.15, 0.2) is 328 Å². The van der Waals surface area contributed by atoms with Crippen molar-refractivity contribution in [2.45, 2.75) is 0 Å². The van der Waals surface area contributed by atoms with Crippen molar-refractivity contribution in [3.63, 3.8) is 0 Å². The van der Waals surface area contributed by atoms with E-state index in [-0.39, 0.29) is 5.91 Å². The zero-order chi connectivity index (χ0) is 62.2. The minimum absolute atomic E-state index is 0.188. The molecule has 1 amide bonds. The van der Waals surface area contributed by atoms with Gasteiger partial charge in [0.05, 0.1) is 37.7 Å². The minimum Gasteiger partial charge on any atom is -0.423 e. The molecular formula is C80H59BCl3N3O3. The standard InChI is InChI=1S/C25H18ClNO.C25H16ClN.C18H14ClN.C12H11BO2/c26-23-17-9-16-22(24(23)27-25(28)19-12-5-2-6-13-19)21-15-8-7-14-20(21)18-10-3-1-4-11-18;26-22-16-8-15-21-23-19(17-9-3-1-4-10-17)13-7-14-20(23)24(27-25(21)22)18-11-5-2-6-12-18;19-17-12-6-11-16(18(17)20)15-10-5-4-9-14(15)13-7-2-1-3-8-13;14-13(15)12-9-5-4-8-11(12)10-6-2-1-3-7-10/h1-17H,(H,27,28);1-16H;1-12H,20H2;1-9,14-15H. The van der Waals surface area contributed by atoms with Gasteiger partial charge in [-0.05, 0) is 91.4 Å². The zero-order valence-electron chi connectivity index (χ0n) is 48.7. The zero-order valence-corrected chi connectivity index (χ0v) is 51.0. The Morgan fingerprint density at radius 1 is 0.344 bits per heavy atom. The molecule has 14 rings (SSSR count). The second-order valence-corrected chi connectivity index (χ2v) is 22.1. The summed E-state index contributed by atoms with van der Waals surface area (Å²) in [6, 6.07) is 108. The van der Waals surface area contributed by atoms with Gasteiger partial charge in [-0.2, -0.15) is 0 Å². The van der Waals surface area contributed by atoms with Crippen LogP contribution >= 0.6 is 34.8 Å². The molecule has 1 heterocycles. The number of pyridine rings is 1. The van der Waals surface area contributed by atoms with Crippen molar-refractivity contribution in [2.75, 3.05) is 11.1 Å². The molecule has 0 saturated carbocycles. The minimum atomic E-state index is -1.43. The quantitative estimate of drug-likeness (QED) is 0.0620. The molecule has 0 aliphatic carbocycles. The van der Waals surface area contributed by atoms with Crippen molar-refractivity contribution >= 4 is 86.3 Å². The molecule has 1 aromatic heterocycles. The van der Waals surface area contributed by atoms with Crippen LogP contribution in [0.1, 0.15) is 10.4 Å². The van der Waals surface area contributed by atoms with Crippen LogP contribution in [0.5, 0.6) is 0 Å². The normalized spacial score (nSPS) is 10.6. The first-order chi connectivity index (χ1) is 44.1. The number of rotatable bonds is 10. The van der Waals surface area contributed by atoms with Gasteiger partial charge in [-0.3, -0.25) is 4.79 Å². The summed E-state index contributed by atoms with van der Waals surface area (Å²) in [6.45, 7) is 0. The maximum Gasteiger partial charge on any atom is 0.489 e. The molecule has 90 heavy (non-hydrogen) atoms. The molecule has 0 unspecified atom stereocenters. The highest BCUT2D eigenvalue weighted by atomic mass is 35.5. The van der Waals surface area contributed by atoms with Gasteiger partial charge >= 0.3 is 7.12 Å². The number of halogens is 3. The number of nitrogens with zero attached hydrogens (tertiary/aromatic N) is 1.